The maximum Gasteiger partial charge on any atom is 0.0751 e. The van der Waals surface area contributed by atoms with E-state index in [-0.39, 0.29) is 0 Å². The molecule has 3 aromatic heterocycles. The van der Waals surface area contributed by atoms with Gasteiger partial charge in [0.1, 0.15) is 0 Å². The van der Waals surface area contributed by atoms with E-state index in [1.165, 1.54) is 6.21 Å². The zero-order valence-corrected chi connectivity index (χ0v) is 13.1. The van der Waals surface area contributed by atoms with Gasteiger partial charge in [-0.05, 0) is 54.8 Å². The molecule has 0 bridgehead atoms. The van der Waals surface area contributed by atoms with Crippen LogP contribution in [0.25, 0.3) is 20.9 Å². The molecule has 0 aromatic carbocycles. The highest BCUT2D eigenvalue weighted by Gasteiger charge is 2.16. The number of nitrogens with zero attached hydrogens (tertiary/aromatic N) is 3. The standard InChI is InChI=1S/C17H15N3OS/c1-11-9-14(5-8-19-11)16-12(2)15(10-20-21)17(22-16)13-3-6-18-7-4-13/h3-10,21H,1-2H3. The molecule has 5 heteroatoms. The molecule has 0 aliphatic heterocycles. The van der Waals surface area contributed by atoms with Crippen LogP contribution in [0.4, 0.5) is 0 Å². The fraction of sp³-hybridized carbons (Fsp3) is 0.118. The Balaban J connectivity index is 2.22. The van der Waals surface area contributed by atoms with Gasteiger partial charge >= 0.3 is 0 Å². The van der Waals surface area contributed by atoms with Crippen LogP contribution >= 0.6 is 11.3 Å². The van der Waals surface area contributed by atoms with Crippen molar-refractivity contribution in [2.75, 3.05) is 0 Å². The first-order valence-corrected chi connectivity index (χ1v) is 7.66. The van der Waals surface area contributed by atoms with Crippen molar-refractivity contribution in [1.82, 2.24) is 9.97 Å². The van der Waals surface area contributed by atoms with Crippen LogP contribution in [0.5, 0.6) is 0 Å². The van der Waals surface area contributed by atoms with Crippen LogP contribution in [0.3, 0.4) is 0 Å². The van der Waals surface area contributed by atoms with Gasteiger partial charge in [0, 0.05) is 39.6 Å². The number of hydrogen-bond donors (Lipinski definition) is 1. The summed E-state index contributed by atoms with van der Waals surface area (Å²) in [5.74, 6) is 0. The Labute approximate surface area is 132 Å². The SMILES string of the molecule is Cc1cc(-c2sc(-c3ccncc3)c(C=NO)c2C)ccn1. The van der Waals surface area contributed by atoms with Crippen LogP contribution in [0.15, 0.2) is 48.0 Å². The maximum atomic E-state index is 8.99. The summed E-state index contributed by atoms with van der Waals surface area (Å²) in [5.41, 5.74) is 5.20. The summed E-state index contributed by atoms with van der Waals surface area (Å²) in [4.78, 5) is 10.5. The molecule has 0 unspecified atom stereocenters. The average Bonchev–Trinajstić information content (AvgIpc) is 2.86. The summed E-state index contributed by atoms with van der Waals surface area (Å²) < 4.78 is 0. The summed E-state index contributed by atoms with van der Waals surface area (Å²) in [6.45, 7) is 4.02. The van der Waals surface area contributed by atoms with Gasteiger partial charge in [-0.1, -0.05) is 5.16 Å². The van der Waals surface area contributed by atoms with Crippen molar-refractivity contribution in [1.29, 1.82) is 0 Å². The zero-order valence-electron chi connectivity index (χ0n) is 12.3. The lowest BCUT2D eigenvalue weighted by molar-refractivity contribution is 0.322. The second kappa shape index (κ2) is 6.07. The molecular formula is C17H15N3OS. The molecule has 0 atom stereocenters. The Morgan fingerprint density at radius 1 is 1.05 bits per heavy atom. The first kappa shape index (κ1) is 14.4. The molecule has 3 aromatic rings. The minimum atomic E-state index is 0.933. The van der Waals surface area contributed by atoms with Crippen LogP contribution in [0.2, 0.25) is 0 Å². The minimum absolute atomic E-state index is 0.933. The molecule has 0 amide bonds. The summed E-state index contributed by atoms with van der Waals surface area (Å²) in [7, 11) is 0. The maximum absolute atomic E-state index is 8.99. The van der Waals surface area contributed by atoms with E-state index >= 15 is 0 Å². The van der Waals surface area contributed by atoms with E-state index in [1.54, 1.807) is 23.7 Å². The normalized spacial score (nSPS) is 11.2. The third kappa shape index (κ3) is 2.63. The van der Waals surface area contributed by atoms with Gasteiger partial charge in [-0.15, -0.1) is 11.3 Å². The molecule has 0 radical (unpaired) electrons. The Morgan fingerprint density at radius 2 is 1.77 bits per heavy atom. The van der Waals surface area contributed by atoms with E-state index in [2.05, 4.69) is 21.2 Å². The number of oxime groups is 1. The lowest BCUT2D eigenvalue weighted by Crippen LogP contribution is -1.87. The smallest absolute Gasteiger partial charge is 0.0751 e. The van der Waals surface area contributed by atoms with Crippen molar-refractivity contribution in [3.63, 3.8) is 0 Å². The molecule has 0 saturated heterocycles. The predicted octanol–water partition coefficient (Wildman–Crippen LogP) is 4.30. The molecule has 0 saturated carbocycles. The zero-order chi connectivity index (χ0) is 15.5. The first-order chi connectivity index (χ1) is 10.7. The lowest BCUT2D eigenvalue weighted by Gasteiger charge is -2.01. The topological polar surface area (TPSA) is 58.4 Å². The van der Waals surface area contributed by atoms with Gasteiger partial charge < -0.3 is 5.21 Å². The first-order valence-electron chi connectivity index (χ1n) is 6.85. The van der Waals surface area contributed by atoms with E-state index < -0.39 is 0 Å². The van der Waals surface area contributed by atoms with E-state index in [9.17, 15) is 0 Å². The van der Waals surface area contributed by atoms with Crippen molar-refractivity contribution in [3.8, 4) is 20.9 Å². The summed E-state index contributed by atoms with van der Waals surface area (Å²) >= 11 is 1.68. The molecule has 0 fully saturated rings. The third-order valence-electron chi connectivity index (χ3n) is 3.48. The quantitative estimate of drug-likeness (QED) is 0.446. The van der Waals surface area contributed by atoms with E-state index in [0.717, 1.165) is 37.7 Å². The van der Waals surface area contributed by atoms with Crippen molar-refractivity contribution in [2.45, 2.75) is 13.8 Å². The Morgan fingerprint density at radius 3 is 2.45 bits per heavy atom. The monoisotopic (exact) mass is 309 g/mol. The fourth-order valence-electron chi connectivity index (χ4n) is 2.42. The van der Waals surface area contributed by atoms with Crippen molar-refractivity contribution in [2.24, 2.45) is 5.16 Å². The van der Waals surface area contributed by atoms with Gasteiger partial charge in [0.2, 0.25) is 0 Å². The van der Waals surface area contributed by atoms with Gasteiger partial charge in [-0.3, -0.25) is 9.97 Å². The number of aryl methyl sites for hydroxylation is 1. The summed E-state index contributed by atoms with van der Waals surface area (Å²) in [5, 5.41) is 12.2. The van der Waals surface area contributed by atoms with Crippen molar-refractivity contribution in [3.05, 3.63) is 59.7 Å². The second-order valence-electron chi connectivity index (χ2n) is 4.97. The van der Waals surface area contributed by atoms with Gasteiger partial charge in [0.15, 0.2) is 0 Å². The predicted molar refractivity (Wildman–Crippen MR) is 89.6 cm³/mol. The number of rotatable bonds is 3. The van der Waals surface area contributed by atoms with E-state index in [4.69, 9.17) is 5.21 Å². The number of aromatic nitrogens is 2. The van der Waals surface area contributed by atoms with Gasteiger partial charge in [-0.25, -0.2) is 0 Å². The highest BCUT2D eigenvalue weighted by atomic mass is 32.1. The molecule has 4 nitrogen and oxygen atoms in total. The molecular weight excluding hydrogens is 294 g/mol. The van der Waals surface area contributed by atoms with E-state index in [0.29, 0.717) is 0 Å². The Bertz CT molecular complexity index is 825. The van der Waals surface area contributed by atoms with Gasteiger partial charge in [0.05, 0.1) is 6.21 Å². The molecule has 0 aliphatic rings. The van der Waals surface area contributed by atoms with Gasteiger partial charge in [0.25, 0.3) is 0 Å². The van der Waals surface area contributed by atoms with E-state index in [1.807, 2.05) is 38.2 Å². The molecule has 3 rings (SSSR count). The lowest BCUT2D eigenvalue weighted by atomic mass is 10.0. The van der Waals surface area contributed by atoms with Crippen LogP contribution in [-0.4, -0.2) is 21.4 Å². The van der Waals surface area contributed by atoms with Crippen molar-refractivity contribution < 1.29 is 5.21 Å². The highest BCUT2D eigenvalue weighted by molar-refractivity contribution is 7.19. The summed E-state index contributed by atoms with van der Waals surface area (Å²) in [6.07, 6.45) is 6.84. The second-order valence-corrected chi connectivity index (χ2v) is 5.99. The number of thiophene rings is 1. The average molecular weight is 309 g/mol. The summed E-state index contributed by atoms with van der Waals surface area (Å²) in [6, 6.07) is 7.99. The molecule has 22 heavy (non-hydrogen) atoms. The molecule has 1 N–H and O–H groups in total. The highest BCUT2D eigenvalue weighted by Crippen LogP contribution is 2.41. The number of hydrogen-bond acceptors (Lipinski definition) is 5. The van der Waals surface area contributed by atoms with Crippen LogP contribution in [0.1, 0.15) is 16.8 Å². The van der Waals surface area contributed by atoms with Crippen molar-refractivity contribution >= 4 is 17.6 Å². The Kier molecular flexibility index (Phi) is 3.98. The van der Waals surface area contributed by atoms with Crippen LogP contribution in [0, 0.1) is 13.8 Å². The third-order valence-corrected chi connectivity index (χ3v) is 4.89. The van der Waals surface area contributed by atoms with Gasteiger partial charge in [-0.2, -0.15) is 0 Å². The fourth-order valence-corrected chi connectivity index (χ4v) is 3.70. The molecule has 0 aliphatic carbocycles. The molecule has 110 valence electrons. The molecule has 0 spiro atoms. The molecule has 3 heterocycles. The largest absolute Gasteiger partial charge is 0.411 e. The Hall–Kier alpha value is -2.53. The number of pyridine rings is 2. The van der Waals surface area contributed by atoms with Crippen LogP contribution < -0.4 is 0 Å². The minimum Gasteiger partial charge on any atom is -0.411 e. The van der Waals surface area contributed by atoms with Crippen LogP contribution in [-0.2, 0) is 0 Å².